The number of benzene rings is 2. The number of carbonyl (C=O) groups is 2. The number of rotatable bonds is 12. The molecule has 0 unspecified atom stereocenters. The van der Waals surface area contributed by atoms with Crippen LogP contribution >= 0.6 is 23.2 Å². The van der Waals surface area contributed by atoms with Gasteiger partial charge >= 0.3 is 0 Å². The summed E-state index contributed by atoms with van der Waals surface area (Å²) >= 11 is 11.7. The van der Waals surface area contributed by atoms with Gasteiger partial charge in [0.2, 0.25) is 11.8 Å². The number of hydrogen-bond donors (Lipinski definition) is 2. The van der Waals surface area contributed by atoms with Crippen LogP contribution in [0.3, 0.4) is 0 Å². The van der Waals surface area contributed by atoms with Gasteiger partial charge in [-0.2, -0.15) is 0 Å². The Morgan fingerprint density at radius 1 is 0.613 bits per heavy atom. The molecule has 2 aromatic rings. The zero-order chi connectivity index (χ0) is 22.3. The highest BCUT2D eigenvalue weighted by Gasteiger charge is 1.98. The molecule has 2 aromatic carbocycles. The van der Waals surface area contributed by atoms with Gasteiger partial charge in [0.05, 0.1) is 0 Å². The van der Waals surface area contributed by atoms with E-state index in [2.05, 4.69) is 10.6 Å². The minimum atomic E-state index is -0.0932. The van der Waals surface area contributed by atoms with E-state index in [1.54, 1.807) is 36.4 Å². The van der Waals surface area contributed by atoms with Crippen LogP contribution in [0.2, 0.25) is 10.0 Å². The van der Waals surface area contributed by atoms with Crippen LogP contribution in [-0.2, 0) is 9.59 Å². The van der Waals surface area contributed by atoms with E-state index >= 15 is 0 Å². The van der Waals surface area contributed by atoms with Gasteiger partial charge in [-0.3, -0.25) is 9.59 Å². The Hall–Kier alpha value is -2.56. The first kappa shape index (κ1) is 24.7. The van der Waals surface area contributed by atoms with Gasteiger partial charge in [-0.15, -0.1) is 0 Å². The molecule has 0 aromatic heterocycles. The Morgan fingerprint density at radius 2 is 0.968 bits per heavy atom. The lowest BCUT2D eigenvalue weighted by Gasteiger charge is -2.04. The summed E-state index contributed by atoms with van der Waals surface area (Å²) in [5.74, 6) is -0.186. The third kappa shape index (κ3) is 11.4. The van der Waals surface area contributed by atoms with Gasteiger partial charge in [0.1, 0.15) is 0 Å². The van der Waals surface area contributed by atoms with Crippen molar-refractivity contribution >= 4 is 47.2 Å². The van der Waals surface area contributed by atoms with Crippen LogP contribution in [0, 0.1) is 0 Å². The Labute approximate surface area is 194 Å². The fourth-order valence-electron chi connectivity index (χ4n) is 2.81. The van der Waals surface area contributed by atoms with E-state index in [0.29, 0.717) is 23.1 Å². The van der Waals surface area contributed by atoms with E-state index in [1.807, 2.05) is 24.3 Å². The fraction of sp³-hybridized carbons (Fsp3) is 0.280. The van der Waals surface area contributed by atoms with Gasteiger partial charge < -0.3 is 10.6 Å². The van der Waals surface area contributed by atoms with Crippen molar-refractivity contribution in [3.05, 3.63) is 81.9 Å². The highest BCUT2D eigenvalue weighted by molar-refractivity contribution is 6.30. The molecule has 0 heterocycles. The number of hydrogen-bond acceptors (Lipinski definition) is 2. The Morgan fingerprint density at radius 3 is 1.35 bits per heavy atom. The van der Waals surface area contributed by atoms with Crippen LogP contribution in [0.4, 0.5) is 0 Å². The van der Waals surface area contributed by atoms with Gasteiger partial charge in [-0.25, -0.2) is 0 Å². The molecular weight excluding hydrogens is 431 g/mol. The molecule has 6 heteroatoms. The zero-order valence-electron chi connectivity index (χ0n) is 17.5. The summed E-state index contributed by atoms with van der Waals surface area (Å²) in [5, 5.41) is 7.13. The molecule has 0 saturated heterocycles. The van der Waals surface area contributed by atoms with Crippen molar-refractivity contribution in [2.24, 2.45) is 0 Å². The lowest BCUT2D eigenvalue weighted by molar-refractivity contribution is -0.117. The highest BCUT2D eigenvalue weighted by atomic mass is 35.5. The number of unbranched alkanes of at least 4 members (excludes halogenated alkanes) is 4. The lowest BCUT2D eigenvalue weighted by atomic mass is 10.1. The standard InChI is InChI=1S/C25H28Cl2N2O2/c26-22-12-6-20(7-13-22)10-16-24(30)28-18-4-2-1-3-5-19-29-25(31)17-11-21-8-14-23(27)15-9-21/h6-17H,1-5,18-19H2,(H,28,30)(H,29,31)/b16-10+,17-11+. The summed E-state index contributed by atoms with van der Waals surface area (Å²) in [5.41, 5.74) is 1.87. The van der Waals surface area contributed by atoms with Gasteiger partial charge in [-0.05, 0) is 60.4 Å². The molecular formula is C25H28Cl2N2O2. The largest absolute Gasteiger partial charge is 0.353 e. The van der Waals surface area contributed by atoms with Crippen LogP contribution in [0.25, 0.3) is 12.2 Å². The summed E-state index contributed by atoms with van der Waals surface area (Å²) < 4.78 is 0. The molecule has 0 atom stereocenters. The van der Waals surface area contributed by atoms with Crippen LogP contribution in [-0.4, -0.2) is 24.9 Å². The summed E-state index contributed by atoms with van der Waals surface area (Å²) in [6, 6.07) is 14.6. The third-order valence-electron chi connectivity index (χ3n) is 4.55. The monoisotopic (exact) mass is 458 g/mol. The van der Waals surface area contributed by atoms with Crippen LogP contribution in [0.15, 0.2) is 60.7 Å². The molecule has 4 nitrogen and oxygen atoms in total. The Balaban J connectivity index is 1.45. The molecule has 164 valence electrons. The molecule has 2 N–H and O–H groups in total. The van der Waals surface area contributed by atoms with Gasteiger partial charge in [0.15, 0.2) is 0 Å². The van der Waals surface area contributed by atoms with Crippen LogP contribution in [0.1, 0.15) is 43.2 Å². The molecule has 0 spiro atoms. The molecule has 0 saturated carbocycles. The maximum absolute atomic E-state index is 11.8. The fourth-order valence-corrected chi connectivity index (χ4v) is 3.06. The van der Waals surface area contributed by atoms with Crippen LogP contribution in [0.5, 0.6) is 0 Å². The Kier molecular flexibility index (Phi) is 11.5. The summed E-state index contributed by atoms with van der Waals surface area (Å²) in [6.07, 6.45) is 11.7. The average molecular weight is 459 g/mol. The quantitative estimate of drug-likeness (QED) is 0.307. The zero-order valence-corrected chi connectivity index (χ0v) is 19.0. The van der Waals surface area contributed by atoms with Crippen molar-refractivity contribution in [3.8, 4) is 0 Å². The molecule has 0 aliphatic rings. The number of carbonyl (C=O) groups excluding carboxylic acids is 2. The number of amides is 2. The third-order valence-corrected chi connectivity index (χ3v) is 5.05. The van der Waals surface area contributed by atoms with E-state index in [0.717, 1.165) is 43.2 Å². The predicted octanol–water partition coefficient (Wildman–Crippen LogP) is 5.90. The van der Waals surface area contributed by atoms with E-state index < -0.39 is 0 Å². The Bertz CT molecular complexity index is 802. The maximum Gasteiger partial charge on any atom is 0.243 e. The normalized spacial score (nSPS) is 11.2. The second-order valence-electron chi connectivity index (χ2n) is 7.12. The molecule has 0 bridgehead atoms. The highest BCUT2D eigenvalue weighted by Crippen LogP contribution is 2.11. The van der Waals surface area contributed by atoms with Gasteiger partial charge in [0.25, 0.3) is 0 Å². The van der Waals surface area contributed by atoms with E-state index in [1.165, 1.54) is 12.2 Å². The van der Waals surface area contributed by atoms with Crippen molar-refractivity contribution < 1.29 is 9.59 Å². The SMILES string of the molecule is O=C(/C=C/c1ccc(Cl)cc1)NCCCCCCCNC(=O)/C=C/c1ccc(Cl)cc1. The van der Waals surface area contributed by atoms with Crippen molar-refractivity contribution in [2.75, 3.05) is 13.1 Å². The van der Waals surface area contributed by atoms with E-state index in [-0.39, 0.29) is 11.8 Å². The van der Waals surface area contributed by atoms with Crippen molar-refractivity contribution in [2.45, 2.75) is 32.1 Å². The molecule has 0 radical (unpaired) electrons. The lowest BCUT2D eigenvalue weighted by Crippen LogP contribution is -2.22. The summed E-state index contributed by atoms with van der Waals surface area (Å²) in [6.45, 7) is 1.33. The number of nitrogens with one attached hydrogen (secondary N) is 2. The number of halogens is 2. The first-order chi connectivity index (χ1) is 15.0. The average Bonchev–Trinajstić information content (AvgIpc) is 2.77. The second kappa shape index (κ2) is 14.4. The van der Waals surface area contributed by atoms with Crippen LogP contribution < -0.4 is 10.6 Å². The van der Waals surface area contributed by atoms with E-state index in [4.69, 9.17) is 23.2 Å². The molecule has 31 heavy (non-hydrogen) atoms. The van der Waals surface area contributed by atoms with Gasteiger partial charge in [0, 0.05) is 35.3 Å². The van der Waals surface area contributed by atoms with Crippen molar-refractivity contribution in [3.63, 3.8) is 0 Å². The first-order valence-electron chi connectivity index (χ1n) is 10.5. The molecule has 2 amide bonds. The molecule has 2 rings (SSSR count). The second-order valence-corrected chi connectivity index (χ2v) is 7.99. The summed E-state index contributed by atoms with van der Waals surface area (Å²) in [7, 11) is 0. The first-order valence-corrected chi connectivity index (χ1v) is 11.2. The van der Waals surface area contributed by atoms with Crippen molar-refractivity contribution in [1.29, 1.82) is 0 Å². The summed E-state index contributed by atoms with van der Waals surface area (Å²) in [4.78, 5) is 23.6. The predicted molar refractivity (Wildman–Crippen MR) is 130 cm³/mol. The molecule has 0 fully saturated rings. The minimum Gasteiger partial charge on any atom is -0.353 e. The smallest absolute Gasteiger partial charge is 0.243 e. The van der Waals surface area contributed by atoms with E-state index in [9.17, 15) is 9.59 Å². The van der Waals surface area contributed by atoms with Gasteiger partial charge in [-0.1, -0.05) is 66.7 Å². The molecule has 0 aliphatic carbocycles. The molecule has 0 aliphatic heterocycles. The maximum atomic E-state index is 11.8. The minimum absolute atomic E-state index is 0.0932. The van der Waals surface area contributed by atoms with Crippen molar-refractivity contribution in [1.82, 2.24) is 10.6 Å². The topological polar surface area (TPSA) is 58.2 Å².